The molecule has 0 aliphatic carbocycles. The third-order valence-electron chi connectivity index (χ3n) is 2.34. The summed E-state index contributed by atoms with van der Waals surface area (Å²) in [5, 5.41) is 3.15. The summed E-state index contributed by atoms with van der Waals surface area (Å²) in [5.74, 6) is -0.363. The van der Waals surface area contributed by atoms with E-state index in [1.807, 2.05) is 6.92 Å². The number of nitrogens with one attached hydrogen (secondary N) is 1. The van der Waals surface area contributed by atoms with E-state index in [4.69, 9.17) is 23.2 Å². The van der Waals surface area contributed by atoms with Crippen molar-refractivity contribution < 1.29 is 4.79 Å². The lowest BCUT2D eigenvalue weighted by molar-refractivity contribution is 0.102. The van der Waals surface area contributed by atoms with Crippen LogP contribution < -0.4 is 5.32 Å². The second-order valence-corrected chi connectivity index (χ2v) is 5.32. The Morgan fingerprint density at radius 3 is 2.68 bits per heavy atom. The molecule has 4 nitrogen and oxygen atoms in total. The lowest BCUT2D eigenvalue weighted by Crippen LogP contribution is -2.13. The summed E-state index contributed by atoms with van der Waals surface area (Å²) in [5.41, 5.74) is 1.76. The summed E-state index contributed by atoms with van der Waals surface area (Å²) < 4.78 is 0.732. The monoisotopic (exact) mass is 359 g/mol. The van der Waals surface area contributed by atoms with Crippen molar-refractivity contribution in [3.05, 3.63) is 50.4 Å². The van der Waals surface area contributed by atoms with Crippen LogP contribution in [0.15, 0.2) is 29.1 Å². The predicted molar refractivity (Wildman–Crippen MR) is 78.9 cm³/mol. The molecule has 0 atom stereocenters. The summed E-state index contributed by atoms with van der Waals surface area (Å²) in [6.07, 6.45) is 2.88. The molecule has 0 radical (unpaired) electrons. The first-order chi connectivity index (χ1) is 8.97. The number of hydrogen-bond acceptors (Lipinski definition) is 3. The highest BCUT2D eigenvalue weighted by atomic mass is 79.9. The fraction of sp³-hybridized carbons (Fsp3) is 0.0833. The van der Waals surface area contributed by atoms with Crippen LogP contribution in [0.25, 0.3) is 0 Å². The number of rotatable bonds is 2. The molecule has 0 saturated carbocycles. The number of aryl methyl sites for hydroxylation is 1. The Balaban J connectivity index is 2.25. The first kappa shape index (κ1) is 14.2. The second-order valence-electron chi connectivity index (χ2n) is 3.77. The Labute approximate surface area is 128 Å². The molecule has 7 heteroatoms. The normalized spacial score (nSPS) is 10.3. The summed E-state index contributed by atoms with van der Waals surface area (Å²) in [6.45, 7) is 1.88. The Bertz CT molecular complexity index is 649. The van der Waals surface area contributed by atoms with Gasteiger partial charge in [-0.15, -0.1) is 0 Å². The molecule has 0 unspecified atom stereocenters. The van der Waals surface area contributed by atoms with Gasteiger partial charge >= 0.3 is 0 Å². The van der Waals surface area contributed by atoms with E-state index in [9.17, 15) is 4.79 Å². The van der Waals surface area contributed by atoms with Crippen molar-refractivity contribution >= 4 is 50.7 Å². The number of aromatic nitrogens is 2. The van der Waals surface area contributed by atoms with Gasteiger partial charge in [0.05, 0.1) is 22.5 Å². The van der Waals surface area contributed by atoms with Gasteiger partial charge in [0, 0.05) is 6.20 Å². The number of hydrogen-bond donors (Lipinski definition) is 1. The number of anilines is 1. The van der Waals surface area contributed by atoms with E-state index in [0.29, 0.717) is 5.69 Å². The highest BCUT2D eigenvalue weighted by molar-refractivity contribution is 9.10. The number of carbonyl (C=O) groups excluding carboxylic acids is 1. The minimum Gasteiger partial charge on any atom is -0.321 e. The molecule has 0 aliphatic rings. The zero-order valence-electron chi connectivity index (χ0n) is 9.75. The van der Waals surface area contributed by atoms with Crippen molar-refractivity contribution in [2.45, 2.75) is 6.92 Å². The lowest BCUT2D eigenvalue weighted by Gasteiger charge is -2.07. The average molecular weight is 361 g/mol. The van der Waals surface area contributed by atoms with Gasteiger partial charge in [0.25, 0.3) is 5.91 Å². The SMILES string of the molecule is Cc1cc(NC(=O)c2cc(Cl)ncc2Cl)cnc1Br. The Morgan fingerprint density at radius 2 is 2.00 bits per heavy atom. The molecule has 2 aromatic rings. The van der Waals surface area contributed by atoms with E-state index in [0.717, 1.165) is 10.2 Å². The zero-order chi connectivity index (χ0) is 14.0. The molecule has 1 amide bonds. The zero-order valence-corrected chi connectivity index (χ0v) is 12.8. The van der Waals surface area contributed by atoms with Crippen molar-refractivity contribution in [3.63, 3.8) is 0 Å². The van der Waals surface area contributed by atoms with Crippen molar-refractivity contribution in [1.29, 1.82) is 0 Å². The third-order valence-corrected chi connectivity index (χ3v) is 3.68. The third kappa shape index (κ3) is 3.43. The molecule has 0 bridgehead atoms. The first-order valence-corrected chi connectivity index (χ1v) is 6.77. The van der Waals surface area contributed by atoms with Gasteiger partial charge in [-0.25, -0.2) is 9.97 Å². The Morgan fingerprint density at radius 1 is 1.26 bits per heavy atom. The molecule has 0 aromatic carbocycles. The summed E-state index contributed by atoms with van der Waals surface area (Å²) in [7, 11) is 0. The highest BCUT2D eigenvalue weighted by Crippen LogP contribution is 2.21. The van der Waals surface area contributed by atoms with Gasteiger partial charge in [0.15, 0.2) is 0 Å². The molecule has 98 valence electrons. The molecule has 0 spiro atoms. The van der Waals surface area contributed by atoms with Gasteiger partial charge in [-0.3, -0.25) is 4.79 Å². The van der Waals surface area contributed by atoms with Gasteiger partial charge in [0.1, 0.15) is 9.76 Å². The molecule has 2 heterocycles. The molecule has 0 aliphatic heterocycles. The molecular weight excluding hydrogens is 353 g/mol. The van der Waals surface area contributed by atoms with Crippen LogP contribution in [-0.2, 0) is 0 Å². The van der Waals surface area contributed by atoms with Crippen LogP contribution in [0.3, 0.4) is 0 Å². The maximum absolute atomic E-state index is 12.1. The lowest BCUT2D eigenvalue weighted by atomic mass is 10.2. The van der Waals surface area contributed by atoms with Crippen LogP contribution >= 0.6 is 39.1 Å². The predicted octanol–water partition coefficient (Wildman–Crippen LogP) is 4.11. The largest absolute Gasteiger partial charge is 0.321 e. The summed E-state index contributed by atoms with van der Waals surface area (Å²) in [4.78, 5) is 19.9. The van der Waals surface area contributed by atoms with Crippen LogP contribution in [0.4, 0.5) is 5.69 Å². The Kier molecular flexibility index (Phi) is 4.39. The summed E-state index contributed by atoms with van der Waals surface area (Å²) in [6, 6.07) is 3.21. The van der Waals surface area contributed by atoms with Crippen LogP contribution in [-0.4, -0.2) is 15.9 Å². The second kappa shape index (κ2) is 5.86. The minimum absolute atomic E-state index is 0.208. The van der Waals surface area contributed by atoms with E-state index in [1.54, 1.807) is 12.3 Å². The van der Waals surface area contributed by atoms with E-state index >= 15 is 0 Å². The highest BCUT2D eigenvalue weighted by Gasteiger charge is 2.12. The summed E-state index contributed by atoms with van der Waals surface area (Å²) >= 11 is 14.9. The van der Waals surface area contributed by atoms with Crippen molar-refractivity contribution in [1.82, 2.24) is 9.97 Å². The molecule has 1 N–H and O–H groups in total. The number of nitrogens with zero attached hydrogens (tertiary/aromatic N) is 2. The average Bonchev–Trinajstić information content (AvgIpc) is 2.36. The van der Waals surface area contributed by atoms with Crippen molar-refractivity contribution in [2.75, 3.05) is 5.32 Å². The van der Waals surface area contributed by atoms with E-state index in [1.165, 1.54) is 12.3 Å². The quantitative estimate of drug-likeness (QED) is 0.820. The topological polar surface area (TPSA) is 54.9 Å². The van der Waals surface area contributed by atoms with Gasteiger partial charge < -0.3 is 5.32 Å². The maximum Gasteiger partial charge on any atom is 0.257 e. The van der Waals surface area contributed by atoms with E-state index in [-0.39, 0.29) is 21.6 Å². The first-order valence-electron chi connectivity index (χ1n) is 5.22. The number of halogens is 3. The minimum atomic E-state index is -0.363. The van der Waals surface area contributed by atoms with E-state index in [2.05, 4.69) is 31.2 Å². The van der Waals surface area contributed by atoms with Crippen LogP contribution in [0, 0.1) is 6.92 Å². The van der Waals surface area contributed by atoms with Gasteiger partial charge in [-0.05, 0) is 40.5 Å². The van der Waals surface area contributed by atoms with E-state index < -0.39 is 0 Å². The molecule has 0 fully saturated rings. The van der Waals surface area contributed by atoms with Gasteiger partial charge in [-0.1, -0.05) is 23.2 Å². The fourth-order valence-corrected chi connectivity index (χ4v) is 1.98. The molecule has 0 saturated heterocycles. The molecule has 19 heavy (non-hydrogen) atoms. The van der Waals surface area contributed by atoms with Crippen LogP contribution in [0.2, 0.25) is 10.2 Å². The molecule has 2 aromatic heterocycles. The standard InChI is InChI=1S/C12H8BrCl2N3O/c1-6-2-7(4-17-11(6)13)18-12(19)8-3-10(15)16-5-9(8)14/h2-5H,1H3,(H,18,19). The van der Waals surface area contributed by atoms with Crippen molar-refractivity contribution in [3.8, 4) is 0 Å². The molecule has 2 rings (SSSR count). The van der Waals surface area contributed by atoms with Crippen molar-refractivity contribution in [2.24, 2.45) is 0 Å². The smallest absolute Gasteiger partial charge is 0.257 e. The number of pyridine rings is 2. The Hall–Kier alpha value is -1.17. The molecular formula is C12H8BrCl2N3O. The van der Waals surface area contributed by atoms with Gasteiger partial charge in [-0.2, -0.15) is 0 Å². The number of amides is 1. The number of carbonyl (C=O) groups is 1. The van der Waals surface area contributed by atoms with Crippen LogP contribution in [0.5, 0.6) is 0 Å². The van der Waals surface area contributed by atoms with Gasteiger partial charge in [0.2, 0.25) is 0 Å². The van der Waals surface area contributed by atoms with Crippen LogP contribution in [0.1, 0.15) is 15.9 Å². The maximum atomic E-state index is 12.1. The fourth-order valence-electron chi connectivity index (χ4n) is 1.41.